The van der Waals surface area contributed by atoms with Crippen molar-refractivity contribution in [1.82, 2.24) is 9.97 Å². The lowest BCUT2D eigenvalue weighted by Crippen LogP contribution is -2.14. The van der Waals surface area contributed by atoms with Crippen molar-refractivity contribution in [3.05, 3.63) is 82.4 Å². The Balaban J connectivity index is 1.59. The lowest BCUT2D eigenvalue weighted by molar-refractivity contribution is 0.489. The molecule has 31 heavy (non-hydrogen) atoms. The number of benzene rings is 2. The molecule has 1 atom stereocenters. The third-order valence-electron chi connectivity index (χ3n) is 4.59. The number of hydrogen-bond donors (Lipinski definition) is 3. The number of rotatable bonds is 8. The number of nitrogens with zero attached hydrogens (tertiary/aromatic N) is 2. The van der Waals surface area contributed by atoms with E-state index in [-0.39, 0.29) is 6.04 Å². The minimum Gasteiger partial charge on any atom is -0.367 e. The first-order valence-electron chi connectivity index (χ1n) is 9.39. The molecule has 0 aliphatic heterocycles. The van der Waals surface area contributed by atoms with Gasteiger partial charge in [-0.2, -0.15) is 8.42 Å². The van der Waals surface area contributed by atoms with Crippen LogP contribution in [-0.2, 0) is 16.7 Å². The summed E-state index contributed by atoms with van der Waals surface area (Å²) in [5.41, 5.74) is 6.04. The lowest BCUT2D eigenvalue weighted by atomic mass is 10.0. The first-order chi connectivity index (χ1) is 14.9. The fraction of sp³-hybridized carbons (Fsp3) is 0.143. The SMILES string of the molecule is Cc1ncsc1N[C@@H](Cc1ccc(NS(=O)(=O)O)cc1)c1csc(-c2ccccc2)n1. The highest BCUT2D eigenvalue weighted by Crippen LogP contribution is 2.32. The Hall–Kier alpha value is -2.79. The third kappa shape index (κ3) is 5.67. The molecular formula is C21H20N4O3S3. The van der Waals surface area contributed by atoms with Crippen LogP contribution in [0.25, 0.3) is 10.6 Å². The predicted molar refractivity (Wildman–Crippen MR) is 126 cm³/mol. The fourth-order valence-corrected chi connectivity index (χ4v) is 5.14. The van der Waals surface area contributed by atoms with Crippen molar-refractivity contribution in [1.29, 1.82) is 0 Å². The van der Waals surface area contributed by atoms with Crippen LogP contribution in [-0.4, -0.2) is 22.9 Å². The van der Waals surface area contributed by atoms with Crippen LogP contribution in [0.1, 0.15) is 23.0 Å². The molecule has 3 N–H and O–H groups in total. The summed E-state index contributed by atoms with van der Waals surface area (Å²) in [7, 11) is -4.30. The maximum atomic E-state index is 11.0. The molecular weight excluding hydrogens is 452 g/mol. The Morgan fingerprint density at radius 1 is 1.06 bits per heavy atom. The quantitative estimate of drug-likeness (QED) is 0.305. The molecule has 0 aliphatic carbocycles. The van der Waals surface area contributed by atoms with Gasteiger partial charge in [0.15, 0.2) is 0 Å². The van der Waals surface area contributed by atoms with E-state index in [0.717, 1.165) is 32.5 Å². The number of hydrogen-bond acceptors (Lipinski definition) is 7. The second-order valence-corrected chi connectivity index (χ2v) is 9.75. The van der Waals surface area contributed by atoms with Gasteiger partial charge in [0.25, 0.3) is 0 Å². The average Bonchev–Trinajstić information content (AvgIpc) is 3.38. The molecule has 0 saturated carbocycles. The van der Waals surface area contributed by atoms with E-state index in [1.807, 2.05) is 49.4 Å². The van der Waals surface area contributed by atoms with Crippen molar-refractivity contribution in [2.24, 2.45) is 0 Å². The second-order valence-electron chi connectivity index (χ2n) is 6.89. The topological polar surface area (TPSA) is 104 Å². The summed E-state index contributed by atoms with van der Waals surface area (Å²) in [6, 6.07) is 16.9. The summed E-state index contributed by atoms with van der Waals surface area (Å²) >= 11 is 3.14. The van der Waals surface area contributed by atoms with Crippen LogP contribution in [0.5, 0.6) is 0 Å². The standard InChI is InChI=1S/C21H20N4O3S3/c1-14-20(30-13-22-14)23-18(11-15-7-9-17(10-8-15)25-31(26,27)28)19-12-29-21(24-19)16-5-3-2-4-6-16/h2-10,12-13,18,23,25H,11H2,1H3,(H,26,27,28)/t18-/m0/s1. The Labute approximate surface area is 188 Å². The summed E-state index contributed by atoms with van der Waals surface area (Å²) in [6.07, 6.45) is 0.640. The molecule has 0 fully saturated rings. The second kappa shape index (κ2) is 9.15. The average molecular weight is 473 g/mol. The van der Waals surface area contributed by atoms with Crippen LogP contribution in [0.4, 0.5) is 10.7 Å². The first-order valence-corrected chi connectivity index (χ1v) is 12.6. The van der Waals surface area contributed by atoms with E-state index in [1.54, 1.807) is 40.3 Å². The van der Waals surface area contributed by atoms with E-state index in [2.05, 4.69) is 20.4 Å². The molecule has 2 heterocycles. The van der Waals surface area contributed by atoms with Gasteiger partial charge in [0.05, 0.1) is 28.6 Å². The third-order valence-corrected chi connectivity index (χ3v) is 6.85. The van der Waals surface area contributed by atoms with Gasteiger partial charge in [-0.1, -0.05) is 42.5 Å². The monoisotopic (exact) mass is 472 g/mol. The van der Waals surface area contributed by atoms with Crippen molar-refractivity contribution in [2.75, 3.05) is 10.0 Å². The van der Waals surface area contributed by atoms with Crippen molar-refractivity contribution in [2.45, 2.75) is 19.4 Å². The maximum absolute atomic E-state index is 11.0. The fourth-order valence-electron chi connectivity index (χ4n) is 3.08. The molecule has 0 spiro atoms. The van der Waals surface area contributed by atoms with Crippen LogP contribution in [0.3, 0.4) is 0 Å². The van der Waals surface area contributed by atoms with Gasteiger partial charge >= 0.3 is 10.3 Å². The molecule has 0 amide bonds. The molecule has 7 nitrogen and oxygen atoms in total. The zero-order valence-corrected chi connectivity index (χ0v) is 19.0. The smallest absolute Gasteiger partial charge is 0.357 e. The number of thiazole rings is 2. The Morgan fingerprint density at radius 2 is 1.81 bits per heavy atom. The van der Waals surface area contributed by atoms with Gasteiger partial charge in [0, 0.05) is 10.9 Å². The molecule has 0 saturated heterocycles. The van der Waals surface area contributed by atoms with E-state index >= 15 is 0 Å². The molecule has 0 bridgehead atoms. The van der Waals surface area contributed by atoms with Gasteiger partial charge in [-0.25, -0.2) is 9.97 Å². The molecule has 0 aliphatic rings. The highest BCUT2D eigenvalue weighted by Gasteiger charge is 2.18. The molecule has 160 valence electrons. The van der Waals surface area contributed by atoms with Crippen LogP contribution in [0, 0.1) is 6.92 Å². The van der Waals surface area contributed by atoms with Gasteiger partial charge < -0.3 is 5.32 Å². The zero-order chi connectivity index (χ0) is 21.8. The normalized spacial score (nSPS) is 12.5. The summed E-state index contributed by atoms with van der Waals surface area (Å²) in [5.74, 6) is 0. The van der Waals surface area contributed by atoms with E-state index in [4.69, 9.17) is 9.54 Å². The molecule has 2 aromatic carbocycles. The van der Waals surface area contributed by atoms with Gasteiger partial charge in [-0.3, -0.25) is 9.27 Å². The maximum Gasteiger partial charge on any atom is 0.357 e. The van der Waals surface area contributed by atoms with E-state index < -0.39 is 10.3 Å². The number of nitrogens with one attached hydrogen (secondary N) is 2. The highest BCUT2D eigenvalue weighted by atomic mass is 32.2. The molecule has 2 aromatic heterocycles. The van der Waals surface area contributed by atoms with Gasteiger partial charge in [-0.15, -0.1) is 22.7 Å². The van der Waals surface area contributed by atoms with Crippen LogP contribution in [0.15, 0.2) is 65.5 Å². The molecule has 4 rings (SSSR count). The summed E-state index contributed by atoms with van der Waals surface area (Å²) in [6.45, 7) is 1.96. The highest BCUT2D eigenvalue weighted by molar-refractivity contribution is 7.87. The molecule has 4 aromatic rings. The summed E-state index contributed by atoms with van der Waals surface area (Å²) < 4.78 is 33.0. The van der Waals surface area contributed by atoms with Crippen molar-refractivity contribution in [3.8, 4) is 10.6 Å². The summed E-state index contributed by atoms with van der Waals surface area (Å²) in [5, 5.41) is 7.56. The van der Waals surface area contributed by atoms with E-state index in [0.29, 0.717) is 12.1 Å². The van der Waals surface area contributed by atoms with Crippen molar-refractivity contribution < 1.29 is 13.0 Å². The van der Waals surface area contributed by atoms with Crippen molar-refractivity contribution in [3.63, 3.8) is 0 Å². The predicted octanol–water partition coefficient (Wildman–Crippen LogP) is 5.19. The van der Waals surface area contributed by atoms with Crippen LogP contribution >= 0.6 is 22.7 Å². The van der Waals surface area contributed by atoms with E-state index in [1.165, 1.54) is 0 Å². The Bertz CT molecular complexity index is 1250. The minimum absolute atomic E-state index is 0.0896. The zero-order valence-electron chi connectivity index (χ0n) is 16.5. The van der Waals surface area contributed by atoms with Gasteiger partial charge in [-0.05, 0) is 31.0 Å². The summed E-state index contributed by atoms with van der Waals surface area (Å²) in [4.78, 5) is 9.19. The van der Waals surface area contributed by atoms with Crippen LogP contribution in [0.2, 0.25) is 0 Å². The molecule has 0 unspecified atom stereocenters. The van der Waals surface area contributed by atoms with Gasteiger partial charge in [0.2, 0.25) is 0 Å². The number of aromatic nitrogens is 2. The molecule has 10 heteroatoms. The number of anilines is 2. The molecule has 0 radical (unpaired) electrons. The lowest BCUT2D eigenvalue weighted by Gasteiger charge is -2.18. The van der Waals surface area contributed by atoms with Gasteiger partial charge in [0.1, 0.15) is 10.0 Å². The Kier molecular flexibility index (Phi) is 6.33. The minimum atomic E-state index is -4.30. The van der Waals surface area contributed by atoms with E-state index in [9.17, 15) is 8.42 Å². The first kappa shape index (κ1) is 21.4. The van der Waals surface area contributed by atoms with Crippen LogP contribution < -0.4 is 10.0 Å². The Morgan fingerprint density at radius 3 is 2.45 bits per heavy atom. The number of aryl methyl sites for hydroxylation is 1. The largest absolute Gasteiger partial charge is 0.367 e. The van der Waals surface area contributed by atoms with Crippen molar-refractivity contribution >= 4 is 43.7 Å².